The second-order valence-electron chi connectivity index (χ2n) is 4.40. The molecule has 0 saturated carbocycles. The second kappa shape index (κ2) is 6.30. The third-order valence-electron chi connectivity index (χ3n) is 2.98. The fourth-order valence-electron chi connectivity index (χ4n) is 2.20. The van der Waals surface area contributed by atoms with Crippen molar-refractivity contribution in [1.82, 2.24) is 14.9 Å². The van der Waals surface area contributed by atoms with Gasteiger partial charge in [-0.15, -0.1) is 0 Å². The first-order valence-electron chi connectivity index (χ1n) is 6.30. The molecule has 1 unspecified atom stereocenters. The van der Waals surface area contributed by atoms with Gasteiger partial charge in [0, 0.05) is 23.4 Å². The minimum atomic E-state index is -0.252. The van der Waals surface area contributed by atoms with E-state index < -0.39 is 0 Å². The fourth-order valence-corrected chi connectivity index (χ4v) is 2.68. The van der Waals surface area contributed by atoms with Crippen molar-refractivity contribution in [1.29, 1.82) is 0 Å². The van der Waals surface area contributed by atoms with Crippen molar-refractivity contribution in [3.63, 3.8) is 0 Å². The summed E-state index contributed by atoms with van der Waals surface area (Å²) in [6, 6.07) is 4.79. The first-order chi connectivity index (χ1) is 9.15. The molecule has 2 aromatic rings. The highest BCUT2D eigenvalue weighted by Crippen LogP contribution is 2.24. The van der Waals surface area contributed by atoms with E-state index >= 15 is 0 Å². The van der Waals surface area contributed by atoms with Crippen molar-refractivity contribution in [2.45, 2.75) is 25.9 Å². The van der Waals surface area contributed by atoms with E-state index in [0.29, 0.717) is 0 Å². The van der Waals surface area contributed by atoms with Gasteiger partial charge in [-0.1, -0.05) is 22.9 Å². The first-order valence-corrected chi connectivity index (χ1v) is 7.09. The highest BCUT2D eigenvalue weighted by atomic mass is 79.9. The lowest BCUT2D eigenvalue weighted by atomic mass is 10.1. The molecule has 1 N–H and O–H groups in total. The van der Waals surface area contributed by atoms with Crippen LogP contribution in [-0.4, -0.2) is 16.6 Å². The Kier molecular flexibility index (Phi) is 4.71. The minimum absolute atomic E-state index is 0.117. The van der Waals surface area contributed by atoms with Gasteiger partial charge < -0.3 is 9.88 Å². The molecule has 0 spiro atoms. The maximum Gasteiger partial charge on any atom is 0.130 e. The zero-order chi connectivity index (χ0) is 13.8. The van der Waals surface area contributed by atoms with E-state index in [2.05, 4.69) is 37.7 Å². The van der Waals surface area contributed by atoms with Gasteiger partial charge in [-0.25, -0.2) is 9.37 Å². The topological polar surface area (TPSA) is 29.9 Å². The van der Waals surface area contributed by atoms with E-state index in [9.17, 15) is 4.39 Å². The number of aromatic nitrogens is 2. The van der Waals surface area contributed by atoms with Crippen LogP contribution in [0, 0.1) is 5.82 Å². The quantitative estimate of drug-likeness (QED) is 0.911. The lowest BCUT2D eigenvalue weighted by molar-refractivity contribution is 0.562. The summed E-state index contributed by atoms with van der Waals surface area (Å²) < 4.78 is 16.4. The number of nitrogens with one attached hydrogen (secondary N) is 1. The Balaban J connectivity index is 2.40. The number of benzene rings is 1. The summed E-state index contributed by atoms with van der Waals surface area (Å²) in [6.07, 6.45) is 4.77. The van der Waals surface area contributed by atoms with Crippen LogP contribution in [0.4, 0.5) is 4.39 Å². The average molecular weight is 326 g/mol. The number of imidazole rings is 1. The zero-order valence-electron chi connectivity index (χ0n) is 11.0. The molecule has 5 heteroatoms. The van der Waals surface area contributed by atoms with Crippen LogP contribution in [0.5, 0.6) is 0 Å². The Morgan fingerprint density at radius 3 is 2.84 bits per heavy atom. The smallest absolute Gasteiger partial charge is 0.130 e. The van der Waals surface area contributed by atoms with Crippen LogP contribution < -0.4 is 5.32 Å². The van der Waals surface area contributed by atoms with Gasteiger partial charge in [0.15, 0.2) is 0 Å². The van der Waals surface area contributed by atoms with E-state index in [1.54, 1.807) is 6.20 Å². The maximum atomic E-state index is 13.5. The first kappa shape index (κ1) is 14.2. The molecule has 0 fully saturated rings. The van der Waals surface area contributed by atoms with Gasteiger partial charge >= 0.3 is 0 Å². The van der Waals surface area contributed by atoms with Gasteiger partial charge in [-0.2, -0.15) is 0 Å². The van der Waals surface area contributed by atoms with E-state index in [1.165, 1.54) is 12.1 Å². The summed E-state index contributed by atoms with van der Waals surface area (Å²) in [5.74, 6) is 0.653. The summed E-state index contributed by atoms with van der Waals surface area (Å²) in [5.41, 5.74) is 0.859. The van der Waals surface area contributed by atoms with Crippen LogP contribution in [0.25, 0.3) is 0 Å². The SMILES string of the molecule is CCCn1ccnc1C(NC)c1cc(F)cc(Br)c1. The van der Waals surface area contributed by atoms with E-state index in [0.717, 1.165) is 28.8 Å². The van der Waals surface area contributed by atoms with Gasteiger partial charge in [0.25, 0.3) is 0 Å². The highest BCUT2D eigenvalue weighted by molar-refractivity contribution is 9.10. The Hall–Kier alpha value is -1.20. The number of hydrogen-bond acceptors (Lipinski definition) is 2. The molecule has 3 nitrogen and oxygen atoms in total. The van der Waals surface area contributed by atoms with Crippen molar-refractivity contribution < 1.29 is 4.39 Å². The molecule has 0 radical (unpaired) electrons. The summed E-state index contributed by atoms with van der Waals surface area (Å²) >= 11 is 3.33. The zero-order valence-corrected chi connectivity index (χ0v) is 12.6. The normalized spacial score (nSPS) is 12.6. The largest absolute Gasteiger partial charge is 0.333 e. The molecular weight excluding hydrogens is 309 g/mol. The lowest BCUT2D eigenvalue weighted by Gasteiger charge is -2.18. The van der Waals surface area contributed by atoms with Gasteiger partial charge in [0.2, 0.25) is 0 Å². The number of nitrogens with zero attached hydrogens (tertiary/aromatic N) is 2. The van der Waals surface area contributed by atoms with E-state index in [4.69, 9.17) is 0 Å². The molecule has 102 valence electrons. The molecule has 0 aliphatic heterocycles. The summed E-state index contributed by atoms with van der Waals surface area (Å²) in [7, 11) is 1.86. The molecule has 19 heavy (non-hydrogen) atoms. The summed E-state index contributed by atoms with van der Waals surface area (Å²) in [4.78, 5) is 4.40. The lowest BCUT2D eigenvalue weighted by Crippen LogP contribution is -2.22. The van der Waals surface area contributed by atoms with Crippen molar-refractivity contribution in [3.05, 3.63) is 52.3 Å². The van der Waals surface area contributed by atoms with E-state index in [-0.39, 0.29) is 11.9 Å². The molecule has 2 rings (SSSR count). The maximum absolute atomic E-state index is 13.5. The van der Waals surface area contributed by atoms with Crippen LogP contribution in [0.2, 0.25) is 0 Å². The third kappa shape index (κ3) is 3.22. The average Bonchev–Trinajstić information content (AvgIpc) is 2.78. The number of hydrogen-bond donors (Lipinski definition) is 1. The van der Waals surface area contributed by atoms with Crippen LogP contribution in [-0.2, 0) is 6.54 Å². The van der Waals surface area contributed by atoms with Crippen LogP contribution >= 0.6 is 15.9 Å². The number of aryl methyl sites for hydroxylation is 1. The van der Waals surface area contributed by atoms with Crippen molar-refractivity contribution in [2.75, 3.05) is 7.05 Å². The molecule has 1 heterocycles. The van der Waals surface area contributed by atoms with Crippen LogP contribution in [0.15, 0.2) is 35.1 Å². The highest BCUT2D eigenvalue weighted by Gasteiger charge is 2.18. The number of halogens is 2. The predicted octanol–water partition coefficient (Wildman–Crippen LogP) is 3.50. The number of rotatable bonds is 5. The van der Waals surface area contributed by atoms with Gasteiger partial charge in [-0.3, -0.25) is 0 Å². The monoisotopic (exact) mass is 325 g/mol. The van der Waals surface area contributed by atoms with Crippen LogP contribution in [0.1, 0.15) is 30.8 Å². The Morgan fingerprint density at radius 1 is 1.42 bits per heavy atom. The molecule has 1 aromatic heterocycles. The summed E-state index contributed by atoms with van der Waals surface area (Å²) in [6.45, 7) is 3.03. The van der Waals surface area contributed by atoms with Gasteiger partial charge in [0.1, 0.15) is 11.6 Å². The Bertz CT molecular complexity index is 533. The molecule has 0 amide bonds. The predicted molar refractivity (Wildman–Crippen MR) is 77.5 cm³/mol. The molecular formula is C14H17BrFN3. The Morgan fingerprint density at radius 2 is 2.21 bits per heavy atom. The molecule has 0 aliphatic carbocycles. The second-order valence-corrected chi connectivity index (χ2v) is 5.32. The fraction of sp³-hybridized carbons (Fsp3) is 0.357. The standard InChI is InChI=1S/C14H17BrFN3/c1-3-5-19-6-4-18-14(19)13(17-2)10-7-11(15)9-12(16)8-10/h4,6-9,13,17H,3,5H2,1-2H3. The van der Waals surface area contributed by atoms with Gasteiger partial charge in [-0.05, 0) is 37.2 Å². The molecule has 0 bridgehead atoms. The minimum Gasteiger partial charge on any atom is -0.333 e. The van der Waals surface area contributed by atoms with E-state index in [1.807, 2.05) is 19.3 Å². The molecule has 0 aliphatic rings. The third-order valence-corrected chi connectivity index (χ3v) is 3.44. The van der Waals surface area contributed by atoms with Gasteiger partial charge in [0.05, 0.1) is 6.04 Å². The Labute approximate surface area is 121 Å². The van der Waals surface area contributed by atoms with Crippen molar-refractivity contribution >= 4 is 15.9 Å². The molecule has 0 saturated heterocycles. The molecule has 1 atom stereocenters. The molecule has 1 aromatic carbocycles. The van der Waals surface area contributed by atoms with Crippen LogP contribution in [0.3, 0.4) is 0 Å². The van der Waals surface area contributed by atoms with Crippen molar-refractivity contribution in [3.8, 4) is 0 Å². The summed E-state index contributed by atoms with van der Waals surface area (Å²) in [5, 5.41) is 3.20. The van der Waals surface area contributed by atoms with Crippen molar-refractivity contribution in [2.24, 2.45) is 0 Å².